The minimum Gasteiger partial charge on any atom is -0.485 e. The first kappa shape index (κ1) is 25.9. The van der Waals surface area contributed by atoms with E-state index in [2.05, 4.69) is 31.1 Å². The highest BCUT2D eigenvalue weighted by molar-refractivity contribution is 5.80. The molecule has 2 N–H and O–H groups in total. The molecule has 1 amide bonds. The fraction of sp³-hybridized carbons (Fsp3) is 0.481. The number of nitrogens with zero attached hydrogens (tertiary/aromatic N) is 2. The van der Waals surface area contributed by atoms with E-state index in [1.54, 1.807) is 0 Å². The number of hydrogen-bond acceptors (Lipinski definition) is 4. The summed E-state index contributed by atoms with van der Waals surface area (Å²) < 4.78 is 34.9. The Morgan fingerprint density at radius 2 is 1.75 bits per heavy atom. The van der Waals surface area contributed by atoms with Crippen LogP contribution >= 0.6 is 0 Å². The molecule has 0 aromatic heterocycles. The Bertz CT molecular complexity index is 1080. The molecule has 0 unspecified atom stereocenters. The SMILES string of the molecule is CN(C)C1(c2ccccc2)CCC(Cc2cc(O[C@H]3C[C@@H](C(=O)O)N(C(=O)O)C3)c(F)cc2F)CC1. The van der Waals surface area contributed by atoms with Crippen LogP contribution in [0.4, 0.5) is 13.6 Å². The second kappa shape index (κ2) is 10.4. The first-order valence-corrected chi connectivity index (χ1v) is 12.2. The van der Waals surface area contributed by atoms with Gasteiger partial charge in [0.25, 0.3) is 0 Å². The van der Waals surface area contributed by atoms with Gasteiger partial charge in [-0.1, -0.05) is 30.3 Å². The maximum Gasteiger partial charge on any atom is 0.408 e. The number of amides is 1. The molecule has 2 aromatic rings. The summed E-state index contributed by atoms with van der Waals surface area (Å²) in [5.74, 6) is -2.79. The third-order valence-electron chi connectivity index (χ3n) is 7.80. The largest absolute Gasteiger partial charge is 0.485 e. The van der Waals surface area contributed by atoms with Crippen molar-refractivity contribution >= 4 is 12.1 Å². The van der Waals surface area contributed by atoms with Crippen molar-refractivity contribution in [2.75, 3.05) is 20.6 Å². The molecule has 1 aliphatic heterocycles. The molecule has 1 saturated carbocycles. The lowest BCUT2D eigenvalue weighted by atomic mass is 9.70. The van der Waals surface area contributed by atoms with Gasteiger partial charge >= 0.3 is 12.1 Å². The first-order chi connectivity index (χ1) is 17.1. The molecule has 1 saturated heterocycles. The lowest BCUT2D eigenvalue weighted by molar-refractivity contribution is -0.141. The van der Waals surface area contributed by atoms with Crippen LogP contribution in [0.2, 0.25) is 0 Å². The van der Waals surface area contributed by atoms with Crippen LogP contribution in [0.3, 0.4) is 0 Å². The molecular formula is C27H32F2N2O5. The Hall–Kier alpha value is -3.20. The summed E-state index contributed by atoms with van der Waals surface area (Å²) in [6.07, 6.45) is 1.72. The third kappa shape index (κ3) is 5.16. The molecule has 2 atom stereocenters. The summed E-state index contributed by atoms with van der Waals surface area (Å²) in [6, 6.07) is 11.2. The summed E-state index contributed by atoms with van der Waals surface area (Å²) in [6.45, 7) is -0.201. The number of carbonyl (C=O) groups is 2. The summed E-state index contributed by atoms with van der Waals surface area (Å²) in [7, 11) is 4.17. The Morgan fingerprint density at radius 3 is 2.31 bits per heavy atom. The zero-order valence-electron chi connectivity index (χ0n) is 20.5. The number of ether oxygens (including phenoxy) is 1. The molecule has 1 heterocycles. The molecule has 2 fully saturated rings. The van der Waals surface area contributed by atoms with Crippen molar-refractivity contribution in [2.24, 2.45) is 5.92 Å². The van der Waals surface area contributed by atoms with Crippen LogP contribution in [0.25, 0.3) is 0 Å². The van der Waals surface area contributed by atoms with Gasteiger partial charge in [-0.2, -0.15) is 0 Å². The van der Waals surface area contributed by atoms with Crippen LogP contribution in [-0.2, 0) is 16.8 Å². The lowest BCUT2D eigenvalue weighted by Crippen LogP contribution is -2.44. The number of halogens is 2. The Kier molecular flexibility index (Phi) is 7.49. The van der Waals surface area contributed by atoms with Crippen LogP contribution in [0.5, 0.6) is 5.75 Å². The maximum absolute atomic E-state index is 14.7. The van der Waals surface area contributed by atoms with E-state index < -0.39 is 35.8 Å². The van der Waals surface area contributed by atoms with E-state index in [0.29, 0.717) is 12.0 Å². The predicted octanol–water partition coefficient (Wildman–Crippen LogP) is 4.74. The van der Waals surface area contributed by atoms with Crippen LogP contribution < -0.4 is 4.74 Å². The molecule has 0 spiro atoms. The normalized spacial score (nSPS) is 26.2. The standard InChI is InChI=1S/C27H32F2N2O5/c1-30(2)27(19-6-4-3-5-7-19)10-8-17(9-11-27)12-18-13-24(22(29)15-21(18)28)36-20-14-23(25(32)33)31(16-20)26(34)35/h3-7,13,15,17,20,23H,8-12,14,16H2,1-2H3,(H,32,33)(H,34,35)/t17?,20-,23-,27?/m0/s1. The van der Waals surface area contributed by atoms with E-state index in [4.69, 9.17) is 4.74 Å². The van der Waals surface area contributed by atoms with Gasteiger partial charge in [0.2, 0.25) is 0 Å². The second-order valence-electron chi connectivity index (χ2n) is 10.1. The minimum atomic E-state index is -1.38. The molecule has 2 aromatic carbocycles. The fourth-order valence-corrected chi connectivity index (χ4v) is 5.74. The summed E-state index contributed by atoms with van der Waals surface area (Å²) in [5, 5.41) is 18.5. The van der Waals surface area contributed by atoms with Gasteiger partial charge in [0, 0.05) is 18.0 Å². The minimum absolute atomic E-state index is 0.0768. The van der Waals surface area contributed by atoms with Gasteiger partial charge in [0.05, 0.1) is 6.54 Å². The van der Waals surface area contributed by atoms with Crippen LogP contribution in [0.15, 0.2) is 42.5 Å². The van der Waals surface area contributed by atoms with Gasteiger partial charge in [-0.25, -0.2) is 18.4 Å². The summed E-state index contributed by atoms with van der Waals surface area (Å²) in [5.41, 5.74) is 1.53. The summed E-state index contributed by atoms with van der Waals surface area (Å²) in [4.78, 5) is 25.8. The maximum atomic E-state index is 14.7. The van der Waals surface area contributed by atoms with Gasteiger partial charge < -0.3 is 14.9 Å². The van der Waals surface area contributed by atoms with Crippen molar-refractivity contribution in [3.63, 3.8) is 0 Å². The van der Waals surface area contributed by atoms with Crippen molar-refractivity contribution in [3.8, 4) is 5.75 Å². The Labute approximate surface area is 209 Å². The molecule has 1 aliphatic carbocycles. The number of aliphatic carboxylic acids is 1. The average Bonchev–Trinajstić information content (AvgIpc) is 3.28. The molecule has 7 nitrogen and oxygen atoms in total. The zero-order chi connectivity index (χ0) is 26.0. The molecule has 36 heavy (non-hydrogen) atoms. The fourth-order valence-electron chi connectivity index (χ4n) is 5.74. The molecular weight excluding hydrogens is 470 g/mol. The Morgan fingerprint density at radius 1 is 1.08 bits per heavy atom. The lowest BCUT2D eigenvalue weighted by Gasteiger charge is -2.45. The van der Waals surface area contributed by atoms with Gasteiger partial charge in [-0.05, 0) is 69.3 Å². The van der Waals surface area contributed by atoms with Gasteiger partial charge in [-0.15, -0.1) is 0 Å². The second-order valence-corrected chi connectivity index (χ2v) is 10.1. The van der Waals surface area contributed by atoms with Crippen molar-refractivity contribution in [2.45, 2.75) is 56.2 Å². The predicted molar refractivity (Wildman–Crippen MR) is 129 cm³/mol. The number of hydrogen-bond donors (Lipinski definition) is 2. The van der Waals surface area contributed by atoms with Crippen molar-refractivity contribution in [1.29, 1.82) is 0 Å². The van der Waals surface area contributed by atoms with Crippen molar-refractivity contribution in [1.82, 2.24) is 9.80 Å². The van der Waals surface area contributed by atoms with E-state index >= 15 is 0 Å². The highest BCUT2D eigenvalue weighted by Gasteiger charge is 2.42. The summed E-state index contributed by atoms with van der Waals surface area (Å²) >= 11 is 0. The molecule has 2 aliphatic rings. The number of rotatable bonds is 7. The topological polar surface area (TPSA) is 90.3 Å². The molecule has 194 valence electrons. The van der Waals surface area contributed by atoms with Gasteiger partial charge in [-0.3, -0.25) is 9.80 Å². The van der Waals surface area contributed by atoms with Crippen molar-refractivity contribution < 1.29 is 33.3 Å². The van der Waals surface area contributed by atoms with E-state index in [0.717, 1.165) is 36.6 Å². The van der Waals surface area contributed by atoms with E-state index in [9.17, 15) is 28.6 Å². The number of benzene rings is 2. The quantitative estimate of drug-likeness (QED) is 0.569. The monoisotopic (exact) mass is 502 g/mol. The Balaban J connectivity index is 1.45. The molecule has 0 bridgehead atoms. The number of likely N-dealkylation sites (tertiary alicyclic amines) is 1. The zero-order valence-corrected chi connectivity index (χ0v) is 20.5. The van der Waals surface area contributed by atoms with Crippen LogP contribution in [-0.4, -0.2) is 64.9 Å². The molecule has 9 heteroatoms. The van der Waals surface area contributed by atoms with E-state index in [1.807, 2.05) is 18.2 Å². The average molecular weight is 503 g/mol. The van der Waals surface area contributed by atoms with E-state index in [1.165, 1.54) is 11.6 Å². The highest BCUT2D eigenvalue weighted by atomic mass is 19.1. The number of carboxylic acid groups (broad SMARTS) is 2. The first-order valence-electron chi connectivity index (χ1n) is 12.2. The number of carboxylic acids is 1. The molecule has 0 radical (unpaired) electrons. The highest BCUT2D eigenvalue weighted by Crippen LogP contribution is 2.44. The van der Waals surface area contributed by atoms with E-state index in [-0.39, 0.29) is 30.2 Å². The third-order valence-corrected chi connectivity index (χ3v) is 7.80. The van der Waals surface area contributed by atoms with Crippen LogP contribution in [0, 0.1) is 17.6 Å². The van der Waals surface area contributed by atoms with Gasteiger partial charge in [0.1, 0.15) is 18.0 Å². The smallest absolute Gasteiger partial charge is 0.408 e. The van der Waals surface area contributed by atoms with Crippen LogP contribution in [0.1, 0.15) is 43.2 Å². The van der Waals surface area contributed by atoms with Gasteiger partial charge in [0.15, 0.2) is 11.6 Å². The van der Waals surface area contributed by atoms with Crippen molar-refractivity contribution in [3.05, 3.63) is 65.2 Å². The molecule has 4 rings (SSSR count).